The number of hydrogen-bond acceptors (Lipinski definition) is 5. The highest BCUT2D eigenvalue weighted by Gasteiger charge is 2.15. The van der Waals surface area contributed by atoms with E-state index < -0.39 is 0 Å². The van der Waals surface area contributed by atoms with Crippen molar-refractivity contribution in [2.45, 2.75) is 32.5 Å². The highest BCUT2D eigenvalue weighted by Crippen LogP contribution is 2.02. The van der Waals surface area contributed by atoms with Crippen LogP contribution in [-0.2, 0) is 13.1 Å². The highest BCUT2D eigenvalue weighted by molar-refractivity contribution is 4.93. The van der Waals surface area contributed by atoms with Gasteiger partial charge in [0.25, 0.3) is 0 Å². The summed E-state index contributed by atoms with van der Waals surface area (Å²) in [5.41, 5.74) is 0.478. The summed E-state index contributed by atoms with van der Waals surface area (Å²) in [6.45, 7) is 4.95. The standard InChI is InChI=1S/C9H18N4O2/c1-9(2,7-15)10-5-8-6-13(3-4-14)12-11-8/h6,10,14-15H,3-5,7H2,1-2H3. The summed E-state index contributed by atoms with van der Waals surface area (Å²) < 4.78 is 1.59. The summed E-state index contributed by atoms with van der Waals surface area (Å²) in [5.74, 6) is 0. The van der Waals surface area contributed by atoms with Crippen molar-refractivity contribution in [3.63, 3.8) is 0 Å². The van der Waals surface area contributed by atoms with Crippen LogP contribution in [0.5, 0.6) is 0 Å². The first-order chi connectivity index (χ1) is 7.07. The molecule has 1 aromatic rings. The van der Waals surface area contributed by atoms with Crippen molar-refractivity contribution < 1.29 is 10.2 Å². The smallest absolute Gasteiger partial charge is 0.0965 e. The fourth-order valence-corrected chi connectivity index (χ4v) is 1.02. The number of aromatic nitrogens is 3. The number of rotatable bonds is 6. The number of nitrogens with zero attached hydrogens (tertiary/aromatic N) is 3. The van der Waals surface area contributed by atoms with Gasteiger partial charge in [-0.25, -0.2) is 4.68 Å². The van der Waals surface area contributed by atoms with Crippen LogP contribution in [0.2, 0.25) is 0 Å². The Bertz CT molecular complexity index is 298. The Kier molecular flexibility index (Phi) is 4.19. The summed E-state index contributed by atoms with van der Waals surface area (Å²) >= 11 is 0. The molecule has 1 aromatic heterocycles. The van der Waals surface area contributed by atoms with Crippen molar-refractivity contribution in [2.24, 2.45) is 0 Å². The van der Waals surface area contributed by atoms with Gasteiger partial charge in [0.15, 0.2) is 0 Å². The molecular formula is C9H18N4O2. The maximum absolute atomic E-state index is 9.02. The normalized spacial score (nSPS) is 12.0. The van der Waals surface area contributed by atoms with Crippen LogP contribution >= 0.6 is 0 Å². The molecule has 3 N–H and O–H groups in total. The van der Waals surface area contributed by atoms with Crippen molar-refractivity contribution in [3.8, 4) is 0 Å². The van der Waals surface area contributed by atoms with Gasteiger partial charge >= 0.3 is 0 Å². The van der Waals surface area contributed by atoms with Crippen LogP contribution in [-0.4, -0.2) is 44.0 Å². The van der Waals surface area contributed by atoms with E-state index in [1.807, 2.05) is 13.8 Å². The van der Waals surface area contributed by atoms with E-state index in [4.69, 9.17) is 10.2 Å². The molecule has 1 heterocycles. The van der Waals surface area contributed by atoms with Gasteiger partial charge in [-0.1, -0.05) is 5.21 Å². The molecule has 15 heavy (non-hydrogen) atoms. The molecule has 0 aliphatic rings. The maximum atomic E-state index is 9.02. The minimum atomic E-state index is -0.319. The molecular weight excluding hydrogens is 196 g/mol. The van der Waals surface area contributed by atoms with Gasteiger partial charge in [-0.05, 0) is 13.8 Å². The van der Waals surface area contributed by atoms with E-state index in [1.54, 1.807) is 10.9 Å². The quantitative estimate of drug-likeness (QED) is 0.573. The van der Waals surface area contributed by atoms with Gasteiger partial charge in [-0.3, -0.25) is 0 Å². The summed E-state index contributed by atoms with van der Waals surface area (Å²) in [5, 5.41) is 28.6. The molecule has 0 bridgehead atoms. The minimum absolute atomic E-state index is 0.0539. The van der Waals surface area contributed by atoms with Gasteiger partial charge < -0.3 is 15.5 Å². The summed E-state index contributed by atoms with van der Waals surface area (Å²) in [6, 6.07) is 0. The number of hydrogen-bond donors (Lipinski definition) is 3. The summed E-state index contributed by atoms with van der Waals surface area (Å²) in [6.07, 6.45) is 1.77. The highest BCUT2D eigenvalue weighted by atomic mass is 16.3. The van der Waals surface area contributed by atoms with Crippen LogP contribution in [0.1, 0.15) is 19.5 Å². The monoisotopic (exact) mass is 214 g/mol. The molecule has 0 fully saturated rings. The summed E-state index contributed by atoms with van der Waals surface area (Å²) in [7, 11) is 0. The minimum Gasteiger partial charge on any atom is -0.394 e. The van der Waals surface area contributed by atoms with Crippen LogP contribution in [0.25, 0.3) is 0 Å². The lowest BCUT2D eigenvalue weighted by Gasteiger charge is -2.22. The molecule has 0 aliphatic carbocycles. The largest absolute Gasteiger partial charge is 0.394 e. The van der Waals surface area contributed by atoms with E-state index in [-0.39, 0.29) is 18.8 Å². The fourth-order valence-electron chi connectivity index (χ4n) is 1.02. The van der Waals surface area contributed by atoms with E-state index in [9.17, 15) is 0 Å². The van der Waals surface area contributed by atoms with Crippen molar-refractivity contribution in [1.82, 2.24) is 20.3 Å². The molecule has 6 nitrogen and oxygen atoms in total. The first-order valence-corrected chi connectivity index (χ1v) is 4.93. The number of nitrogens with one attached hydrogen (secondary N) is 1. The third-order valence-corrected chi connectivity index (χ3v) is 2.06. The lowest BCUT2D eigenvalue weighted by Crippen LogP contribution is -2.42. The molecule has 0 spiro atoms. The van der Waals surface area contributed by atoms with E-state index in [0.717, 1.165) is 5.69 Å². The molecule has 0 radical (unpaired) electrons. The Morgan fingerprint density at radius 3 is 2.80 bits per heavy atom. The van der Waals surface area contributed by atoms with Crippen molar-refractivity contribution in [2.75, 3.05) is 13.2 Å². The molecule has 0 saturated carbocycles. The zero-order chi connectivity index (χ0) is 11.3. The Hall–Kier alpha value is -0.980. The Morgan fingerprint density at radius 1 is 1.47 bits per heavy atom. The maximum Gasteiger partial charge on any atom is 0.0965 e. The average molecular weight is 214 g/mol. The van der Waals surface area contributed by atoms with E-state index in [0.29, 0.717) is 13.1 Å². The third-order valence-electron chi connectivity index (χ3n) is 2.06. The second kappa shape index (κ2) is 5.20. The molecule has 1 rings (SSSR count). The molecule has 86 valence electrons. The molecule has 0 aromatic carbocycles. The van der Waals surface area contributed by atoms with Gasteiger partial charge in [-0.2, -0.15) is 0 Å². The zero-order valence-electron chi connectivity index (χ0n) is 9.14. The van der Waals surface area contributed by atoms with Crippen LogP contribution in [0.15, 0.2) is 6.20 Å². The predicted octanol–water partition coefficient (Wildman–Crippen LogP) is -0.869. The molecule has 0 amide bonds. The summed E-state index contributed by atoms with van der Waals surface area (Å²) in [4.78, 5) is 0. The lowest BCUT2D eigenvalue weighted by atomic mass is 10.1. The van der Waals surface area contributed by atoms with Crippen molar-refractivity contribution >= 4 is 0 Å². The molecule has 0 aliphatic heterocycles. The predicted molar refractivity (Wildman–Crippen MR) is 55.1 cm³/mol. The van der Waals surface area contributed by atoms with E-state index in [2.05, 4.69) is 15.6 Å². The van der Waals surface area contributed by atoms with Gasteiger partial charge in [0.1, 0.15) is 0 Å². The second-order valence-electron chi connectivity index (χ2n) is 4.09. The molecule has 0 atom stereocenters. The molecule has 6 heteroatoms. The van der Waals surface area contributed by atoms with Crippen LogP contribution < -0.4 is 5.32 Å². The SMILES string of the molecule is CC(C)(CO)NCc1cn(CCO)nn1. The van der Waals surface area contributed by atoms with Gasteiger partial charge in [0.05, 0.1) is 25.5 Å². The lowest BCUT2D eigenvalue weighted by molar-refractivity contribution is 0.187. The first-order valence-electron chi connectivity index (χ1n) is 4.93. The average Bonchev–Trinajstić information content (AvgIpc) is 2.64. The number of aliphatic hydroxyl groups excluding tert-OH is 2. The fraction of sp³-hybridized carbons (Fsp3) is 0.778. The topological polar surface area (TPSA) is 83.2 Å². The van der Waals surface area contributed by atoms with Gasteiger partial charge in [-0.15, -0.1) is 5.10 Å². The third kappa shape index (κ3) is 3.94. The Morgan fingerprint density at radius 2 is 2.20 bits per heavy atom. The van der Waals surface area contributed by atoms with Crippen LogP contribution in [0.4, 0.5) is 0 Å². The van der Waals surface area contributed by atoms with Crippen molar-refractivity contribution in [3.05, 3.63) is 11.9 Å². The van der Waals surface area contributed by atoms with Crippen LogP contribution in [0, 0.1) is 0 Å². The zero-order valence-corrected chi connectivity index (χ0v) is 9.14. The molecule has 0 saturated heterocycles. The number of aliphatic hydroxyl groups is 2. The van der Waals surface area contributed by atoms with Crippen LogP contribution in [0.3, 0.4) is 0 Å². The van der Waals surface area contributed by atoms with E-state index in [1.165, 1.54) is 0 Å². The van der Waals surface area contributed by atoms with Crippen molar-refractivity contribution in [1.29, 1.82) is 0 Å². The Labute approximate surface area is 88.9 Å². The molecule has 0 unspecified atom stereocenters. The Balaban J connectivity index is 2.44. The first kappa shape index (κ1) is 12.1. The van der Waals surface area contributed by atoms with Gasteiger partial charge in [0.2, 0.25) is 0 Å². The van der Waals surface area contributed by atoms with Gasteiger partial charge in [0, 0.05) is 18.3 Å². The second-order valence-corrected chi connectivity index (χ2v) is 4.09. The van der Waals surface area contributed by atoms with E-state index >= 15 is 0 Å².